The van der Waals surface area contributed by atoms with Crippen LogP contribution in [0.2, 0.25) is 0 Å². The molecule has 186 valence electrons. The summed E-state index contributed by atoms with van der Waals surface area (Å²) in [7, 11) is 0. The van der Waals surface area contributed by atoms with E-state index in [9.17, 15) is 0 Å². The van der Waals surface area contributed by atoms with Gasteiger partial charge in [0.15, 0.2) is 0 Å². The molecule has 0 amide bonds. The molecule has 0 radical (unpaired) electrons. The van der Waals surface area contributed by atoms with E-state index >= 15 is 0 Å². The molecule has 4 aromatic rings. The molecule has 37 heavy (non-hydrogen) atoms. The van der Waals surface area contributed by atoms with Crippen LogP contribution in [-0.2, 0) is 14.9 Å². The van der Waals surface area contributed by atoms with E-state index in [1.165, 1.54) is 33.4 Å². The summed E-state index contributed by atoms with van der Waals surface area (Å²) in [5, 5.41) is 0. The maximum atomic E-state index is 6.09. The Bertz CT molecular complexity index is 1370. The fraction of sp³-hybridized carbons (Fsp3) is 0.273. The third kappa shape index (κ3) is 3.83. The van der Waals surface area contributed by atoms with Gasteiger partial charge >= 0.3 is 0 Å². The molecule has 2 heterocycles. The summed E-state index contributed by atoms with van der Waals surface area (Å²) in [5.74, 6) is 1.83. The number of epoxide rings is 2. The first kappa shape index (κ1) is 22.6. The molecule has 2 aliphatic heterocycles. The lowest BCUT2D eigenvalue weighted by molar-refractivity contribution is 0.261. The van der Waals surface area contributed by atoms with Crippen LogP contribution in [0.4, 0.5) is 0 Å². The van der Waals surface area contributed by atoms with Crippen molar-refractivity contribution in [3.63, 3.8) is 0 Å². The van der Waals surface area contributed by atoms with Gasteiger partial charge in [-0.1, -0.05) is 72.8 Å². The Morgan fingerprint density at radius 1 is 0.649 bits per heavy atom. The first-order chi connectivity index (χ1) is 18.1. The number of benzene rings is 4. The second-order valence-electron chi connectivity index (χ2n) is 10.3. The Morgan fingerprint density at radius 2 is 1.08 bits per heavy atom. The highest BCUT2D eigenvalue weighted by Crippen LogP contribution is 2.56. The second-order valence-corrected chi connectivity index (χ2v) is 10.3. The maximum absolute atomic E-state index is 6.09. The Balaban J connectivity index is 1.40. The van der Waals surface area contributed by atoms with Crippen LogP contribution >= 0.6 is 0 Å². The molecule has 4 nitrogen and oxygen atoms in total. The normalized spacial score (nSPS) is 20.2. The third-order valence-corrected chi connectivity index (χ3v) is 7.82. The largest absolute Gasteiger partial charge is 0.491 e. The number of rotatable bonds is 8. The molecule has 4 heteroatoms. The smallest absolute Gasteiger partial charge is 0.122 e. The summed E-state index contributed by atoms with van der Waals surface area (Å²) >= 11 is 0. The molecule has 0 aromatic heterocycles. The molecule has 7 rings (SSSR count). The zero-order valence-electron chi connectivity index (χ0n) is 21.2. The average Bonchev–Trinajstić information content (AvgIpc) is 3.85. The zero-order chi connectivity index (χ0) is 25.0. The van der Waals surface area contributed by atoms with Gasteiger partial charge in [0.05, 0.1) is 18.6 Å². The summed E-state index contributed by atoms with van der Waals surface area (Å²) < 4.78 is 22.9. The van der Waals surface area contributed by atoms with Crippen LogP contribution in [0, 0.1) is 13.8 Å². The molecule has 2 saturated heterocycles. The van der Waals surface area contributed by atoms with Gasteiger partial charge < -0.3 is 18.9 Å². The minimum Gasteiger partial charge on any atom is -0.491 e. The average molecular weight is 491 g/mol. The Kier molecular flexibility index (Phi) is 5.35. The van der Waals surface area contributed by atoms with Gasteiger partial charge in [-0.3, -0.25) is 0 Å². The summed E-state index contributed by atoms with van der Waals surface area (Å²) in [6.07, 6.45) is 0.461. The van der Waals surface area contributed by atoms with Crippen LogP contribution in [0.5, 0.6) is 11.5 Å². The number of hydrogen-bond donors (Lipinski definition) is 0. The van der Waals surface area contributed by atoms with E-state index in [4.69, 9.17) is 18.9 Å². The van der Waals surface area contributed by atoms with Crippen molar-refractivity contribution in [2.75, 3.05) is 26.4 Å². The molecule has 4 aromatic carbocycles. The molecular formula is C33H30O4. The molecule has 2 fully saturated rings. The summed E-state index contributed by atoms with van der Waals surface area (Å²) in [5.41, 5.74) is 9.44. The molecule has 2 unspecified atom stereocenters. The Morgan fingerprint density at radius 3 is 1.49 bits per heavy atom. The minimum atomic E-state index is -0.445. The van der Waals surface area contributed by atoms with Gasteiger partial charge in [0.1, 0.15) is 36.9 Å². The minimum absolute atomic E-state index is 0.231. The van der Waals surface area contributed by atoms with Crippen LogP contribution in [0.15, 0.2) is 84.9 Å². The molecule has 0 saturated carbocycles. The lowest BCUT2D eigenvalue weighted by atomic mass is 9.67. The van der Waals surface area contributed by atoms with E-state index < -0.39 is 5.41 Å². The first-order valence-electron chi connectivity index (χ1n) is 13.0. The third-order valence-electron chi connectivity index (χ3n) is 7.82. The van der Waals surface area contributed by atoms with Gasteiger partial charge in [-0.25, -0.2) is 0 Å². The number of fused-ring (bicyclic) bond motifs is 3. The SMILES string of the molecule is Cc1cc(C2(c3ccc(OCC4CO4)c(C)c3)c3ccccc3-c3ccccc32)ccc1OCC1CO1. The predicted molar refractivity (Wildman–Crippen MR) is 144 cm³/mol. The van der Waals surface area contributed by atoms with E-state index in [2.05, 4.69) is 98.8 Å². The van der Waals surface area contributed by atoms with E-state index in [1.807, 2.05) is 0 Å². The van der Waals surface area contributed by atoms with Crippen molar-refractivity contribution in [2.45, 2.75) is 31.5 Å². The first-order valence-corrected chi connectivity index (χ1v) is 13.0. The topological polar surface area (TPSA) is 43.5 Å². The summed E-state index contributed by atoms with van der Waals surface area (Å²) in [6.45, 7) is 7.05. The van der Waals surface area contributed by atoms with Crippen LogP contribution in [0.3, 0.4) is 0 Å². The second kappa shape index (κ2) is 8.76. The predicted octanol–water partition coefficient (Wildman–Crippen LogP) is 6.22. The van der Waals surface area contributed by atoms with E-state index in [0.29, 0.717) is 13.2 Å². The van der Waals surface area contributed by atoms with Gasteiger partial charge in [0, 0.05) is 0 Å². The molecule has 0 bridgehead atoms. The summed E-state index contributed by atoms with van der Waals surface area (Å²) in [6, 6.07) is 30.9. The lowest BCUT2D eigenvalue weighted by Gasteiger charge is -2.34. The highest BCUT2D eigenvalue weighted by Gasteiger charge is 2.46. The Labute approximate surface area is 217 Å². The number of aryl methyl sites for hydroxylation is 2. The van der Waals surface area contributed by atoms with Crippen molar-refractivity contribution >= 4 is 0 Å². The fourth-order valence-electron chi connectivity index (χ4n) is 5.81. The molecule has 1 aliphatic carbocycles. The van der Waals surface area contributed by atoms with Crippen molar-refractivity contribution < 1.29 is 18.9 Å². The van der Waals surface area contributed by atoms with Gasteiger partial charge in [0.2, 0.25) is 0 Å². The molecule has 3 aliphatic rings. The quantitative estimate of drug-likeness (QED) is 0.242. The highest BCUT2D eigenvalue weighted by atomic mass is 16.6. The van der Waals surface area contributed by atoms with Gasteiger partial charge in [0.25, 0.3) is 0 Å². The molecule has 0 spiro atoms. The van der Waals surface area contributed by atoms with Gasteiger partial charge in [-0.2, -0.15) is 0 Å². The van der Waals surface area contributed by atoms with Crippen LogP contribution < -0.4 is 9.47 Å². The maximum Gasteiger partial charge on any atom is 0.122 e. The number of ether oxygens (including phenoxy) is 4. The lowest BCUT2D eigenvalue weighted by Crippen LogP contribution is -2.29. The van der Waals surface area contributed by atoms with Crippen LogP contribution in [-0.4, -0.2) is 38.6 Å². The number of hydrogen-bond acceptors (Lipinski definition) is 4. The summed E-state index contributed by atoms with van der Waals surface area (Å²) in [4.78, 5) is 0. The van der Waals surface area contributed by atoms with E-state index in [0.717, 1.165) is 35.8 Å². The van der Waals surface area contributed by atoms with Crippen LogP contribution in [0.25, 0.3) is 11.1 Å². The van der Waals surface area contributed by atoms with Crippen molar-refractivity contribution in [1.82, 2.24) is 0 Å². The highest BCUT2D eigenvalue weighted by molar-refractivity contribution is 5.86. The standard InChI is InChI=1S/C33H30O4/c1-21-15-23(11-13-31(21)36-19-25-17-34-25)33(24-12-14-32(22(2)16-24)37-20-26-18-35-26)29-9-5-3-7-27(29)28-8-4-6-10-30(28)33/h3-16,25-26H,17-20H2,1-2H3. The van der Waals surface area contributed by atoms with Crippen molar-refractivity contribution in [2.24, 2.45) is 0 Å². The molecule has 0 N–H and O–H groups in total. The van der Waals surface area contributed by atoms with Crippen molar-refractivity contribution in [3.8, 4) is 22.6 Å². The monoisotopic (exact) mass is 490 g/mol. The van der Waals surface area contributed by atoms with Gasteiger partial charge in [-0.15, -0.1) is 0 Å². The van der Waals surface area contributed by atoms with E-state index in [-0.39, 0.29) is 12.2 Å². The molecule has 2 atom stereocenters. The molecular weight excluding hydrogens is 460 g/mol. The Hall–Kier alpha value is -3.60. The van der Waals surface area contributed by atoms with E-state index in [1.54, 1.807) is 0 Å². The van der Waals surface area contributed by atoms with Crippen LogP contribution in [0.1, 0.15) is 33.4 Å². The zero-order valence-corrected chi connectivity index (χ0v) is 21.2. The fourth-order valence-corrected chi connectivity index (χ4v) is 5.81. The van der Waals surface area contributed by atoms with Crippen molar-refractivity contribution in [1.29, 1.82) is 0 Å². The van der Waals surface area contributed by atoms with Crippen molar-refractivity contribution in [3.05, 3.63) is 118 Å². The van der Waals surface area contributed by atoms with Gasteiger partial charge in [-0.05, 0) is 70.5 Å².